The molecule has 0 aliphatic carbocycles. The van der Waals surface area contributed by atoms with Gasteiger partial charge in [-0.15, -0.1) is 0 Å². The van der Waals surface area contributed by atoms with Gasteiger partial charge in [-0.1, -0.05) is 13.0 Å². The van der Waals surface area contributed by atoms with Gasteiger partial charge in [0.05, 0.1) is 10.6 Å². The van der Waals surface area contributed by atoms with Crippen LogP contribution in [0, 0.1) is 0 Å². The molecule has 1 aromatic carbocycles. The molecule has 0 aliphatic heterocycles. The van der Waals surface area contributed by atoms with Crippen molar-refractivity contribution in [2.75, 3.05) is 24.2 Å². The quantitative estimate of drug-likeness (QED) is 0.739. The van der Waals surface area contributed by atoms with Crippen molar-refractivity contribution in [2.24, 2.45) is 0 Å². The van der Waals surface area contributed by atoms with Crippen molar-refractivity contribution in [2.45, 2.75) is 18.2 Å². The SMILES string of the molecule is CCS(=O)(=O)c1cccc(NCCCO)c1. The van der Waals surface area contributed by atoms with Crippen LogP contribution in [0.15, 0.2) is 29.2 Å². The molecule has 0 atom stereocenters. The fraction of sp³-hybridized carbons (Fsp3) is 0.455. The number of aliphatic hydroxyl groups is 1. The summed E-state index contributed by atoms with van der Waals surface area (Å²) in [4.78, 5) is 0.337. The lowest BCUT2D eigenvalue weighted by Gasteiger charge is -2.07. The smallest absolute Gasteiger partial charge is 0.178 e. The highest BCUT2D eigenvalue weighted by molar-refractivity contribution is 7.91. The summed E-state index contributed by atoms with van der Waals surface area (Å²) in [6, 6.07) is 6.74. The molecule has 0 spiro atoms. The van der Waals surface area contributed by atoms with E-state index in [1.165, 1.54) is 0 Å². The monoisotopic (exact) mass is 243 g/mol. The lowest BCUT2D eigenvalue weighted by Crippen LogP contribution is -2.06. The van der Waals surface area contributed by atoms with E-state index in [-0.39, 0.29) is 12.4 Å². The van der Waals surface area contributed by atoms with E-state index in [9.17, 15) is 8.42 Å². The van der Waals surface area contributed by atoms with Crippen LogP contribution in [0.5, 0.6) is 0 Å². The molecule has 5 heteroatoms. The minimum absolute atomic E-state index is 0.104. The third kappa shape index (κ3) is 3.50. The molecule has 0 saturated carbocycles. The summed E-state index contributed by atoms with van der Waals surface area (Å²) in [6.07, 6.45) is 0.644. The Bertz CT molecular complexity index is 429. The second-order valence-electron chi connectivity index (χ2n) is 3.44. The Hall–Kier alpha value is -1.07. The van der Waals surface area contributed by atoms with Crippen molar-refractivity contribution < 1.29 is 13.5 Å². The van der Waals surface area contributed by atoms with Gasteiger partial charge in [-0.3, -0.25) is 0 Å². The third-order valence-electron chi connectivity index (χ3n) is 2.24. The zero-order valence-corrected chi connectivity index (χ0v) is 10.1. The summed E-state index contributed by atoms with van der Waals surface area (Å²) in [5, 5.41) is 11.7. The van der Waals surface area contributed by atoms with Gasteiger partial charge in [0.25, 0.3) is 0 Å². The zero-order chi connectivity index (χ0) is 12.0. The molecule has 0 saturated heterocycles. The summed E-state index contributed by atoms with van der Waals surface area (Å²) >= 11 is 0. The molecule has 16 heavy (non-hydrogen) atoms. The Morgan fingerprint density at radius 2 is 2.12 bits per heavy atom. The van der Waals surface area contributed by atoms with Gasteiger partial charge in [-0.2, -0.15) is 0 Å². The minimum Gasteiger partial charge on any atom is -0.396 e. The fourth-order valence-electron chi connectivity index (χ4n) is 1.28. The van der Waals surface area contributed by atoms with Crippen LogP contribution in [-0.4, -0.2) is 32.4 Å². The van der Waals surface area contributed by atoms with Gasteiger partial charge in [-0.25, -0.2) is 8.42 Å². The molecule has 0 aliphatic rings. The summed E-state index contributed by atoms with van der Waals surface area (Å²) in [6.45, 7) is 2.38. The van der Waals surface area contributed by atoms with Gasteiger partial charge in [-0.05, 0) is 24.6 Å². The van der Waals surface area contributed by atoms with Crippen LogP contribution < -0.4 is 5.32 Å². The highest BCUT2D eigenvalue weighted by Crippen LogP contribution is 2.16. The normalized spacial score (nSPS) is 11.4. The Morgan fingerprint density at radius 1 is 1.38 bits per heavy atom. The van der Waals surface area contributed by atoms with E-state index in [1.54, 1.807) is 25.1 Å². The van der Waals surface area contributed by atoms with Gasteiger partial charge in [0.1, 0.15) is 0 Å². The fourth-order valence-corrected chi connectivity index (χ4v) is 2.20. The Kier molecular flexibility index (Phi) is 4.76. The minimum atomic E-state index is -3.14. The van der Waals surface area contributed by atoms with Crippen molar-refractivity contribution in [1.29, 1.82) is 0 Å². The zero-order valence-electron chi connectivity index (χ0n) is 9.31. The van der Waals surface area contributed by atoms with E-state index in [0.717, 1.165) is 5.69 Å². The Balaban J connectivity index is 2.79. The molecule has 0 heterocycles. The van der Waals surface area contributed by atoms with E-state index in [4.69, 9.17) is 5.11 Å². The highest BCUT2D eigenvalue weighted by Gasteiger charge is 2.11. The summed E-state index contributed by atoms with van der Waals surface area (Å²) in [5.41, 5.74) is 0.767. The van der Waals surface area contributed by atoms with Crippen LogP contribution in [0.3, 0.4) is 0 Å². The van der Waals surface area contributed by atoms with Crippen molar-refractivity contribution in [1.82, 2.24) is 0 Å². The standard InChI is InChI=1S/C11H17NO3S/c1-2-16(14,15)11-6-3-5-10(9-11)12-7-4-8-13/h3,5-6,9,12-13H,2,4,7-8H2,1H3. The molecule has 2 N–H and O–H groups in total. The first kappa shape index (κ1) is 13.0. The van der Waals surface area contributed by atoms with Crippen LogP contribution in [0.1, 0.15) is 13.3 Å². The number of aliphatic hydroxyl groups excluding tert-OH is 1. The first-order valence-corrected chi connectivity index (χ1v) is 6.93. The van der Waals surface area contributed by atoms with E-state index in [0.29, 0.717) is 17.9 Å². The lowest BCUT2D eigenvalue weighted by atomic mass is 10.3. The average molecular weight is 243 g/mol. The molecule has 0 unspecified atom stereocenters. The molecule has 0 radical (unpaired) electrons. The molecule has 1 aromatic rings. The maximum atomic E-state index is 11.6. The molecular weight excluding hydrogens is 226 g/mol. The number of hydrogen-bond donors (Lipinski definition) is 2. The van der Waals surface area contributed by atoms with Crippen LogP contribution >= 0.6 is 0 Å². The Labute approximate surface area is 96.2 Å². The third-order valence-corrected chi connectivity index (χ3v) is 3.97. The van der Waals surface area contributed by atoms with Gasteiger partial charge in [0.15, 0.2) is 9.84 Å². The van der Waals surface area contributed by atoms with Gasteiger partial charge < -0.3 is 10.4 Å². The summed E-state index contributed by atoms with van der Waals surface area (Å²) in [7, 11) is -3.14. The van der Waals surface area contributed by atoms with Crippen molar-refractivity contribution in [3.05, 3.63) is 24.3 Å². The maximum absolute atomic E-state index is 11.6. The lowest BCUT2D eigenvalue weighted by molar-refractivity contribution is 0.292. The number of rotatable bonds is 6. The summed E-state index contributed by atoms with van der Waals surface area (Å²) < 4.78 is 23.2. The van der Waals surface area contributed by atoms with Crippen molar-refractivity contribution in [3.63, 3.8) is 0 Å². The molecular formula is C11H17NO3S. The predicted molar refractivity (Wildman–Crippen MR) is 64.4 cm³/mol. The van der Waals surface area contributed by atoms with Crippen molar-refractivity contribution >= 4 is 15.5 Å². The first-order chi connectivity index (χ1) is 7.60. The van der Waals surface area contributed by atoms with Crippen LogP contribution in [-0.2, 0) is 9.84 Å². The predicted octanol–water partition coefficient (Wildman–Crippen LogP) is 1.27. The second-order valence-corrected chi connectivity index (χ2v) is 5.71. The molecule has 0 amide bonds. The van der Waals surface area contributed by atoms with Gasteiger partial charge in [0, 0.05) is 18.8 Å². The van der Waals surface area contributed by atoms with Gasteiger partial charge >= 0.3 is 0 Å². The second kappa shape index (κ2) is 5.86. The molecule has 0 bridgehead atoms. The van der Waals surface area contributed by atoms with Crippen LogP contribution in [0.2, 0.25) is 0 Å². The number of hydrogen-bond acceptors (Lipinski definition) is 4. The molecule has 90 valence electrons. The molecule has 4 nitrogen and oxygen atoms in total. The van der Waals surface area contributed by atoms with E-state index in [1.807, 2.05) is 6.07 Å². The van der Waals surface area contributed by atoms with Crippen LogP contribution in [0.25, 0.3) is 0 Å². The molecule has 1 rings (SSSR count). The first-order valence-electron chi connectivity index (χ1n) is 5.27. The van der Waals surface area contributed by atoms with Gasteiger partial charge in [0.2, 0.25) is 0 Å². The van der Waals surface area contributed by atoms with Crippen LogP contribution in [0.4, 0.5) is 5.69 Å². The summed E-state index contributed by atoms with van der Waals surface area (Å²) in [5.74, 6) is 0.104. The van der Waals surface area contributed by atoms with E-state index in [2.05, 4.69) is 5.32 Å². The Morgan fingerprint density at radius 3 is 2.75 bits per heavy atom. The molecule has 0 aromatic heterocycles. The maximum Gasteiger partial charge on any atom is 0.178 e. The number of sulfone groups is 1. The molecule has 0 fully saturated rings. The average Bonchev–Trinajstić information content (AvgIpc) is 2.30. The topological polar surface area (TPSA) is 66.4 Å². The number of nitrogens with one attached hydrogen (secondary N) is 1. The highest BCUT2D eigenvalue weighted by atomic mass is 32.2. The van der Waals surface area contributed by atoms with E-state index < -0.39 is 9.84 Å². The van der Waals surface area contributed by atoms with Crippen molar-refractivity contribution in [3.8, 4) is 0 Å². The number of benzene rings is 1. The van der Waals surface area contributed by atoms with E-state index >= 15 is 0 Å². The number of anilines is 1. The largest absolute Gasteiger partial charge is 0.396 e.